The second-order valence-electron chi connectivity index (χ2n) is 9.41. The van der Waals surface area contributed by atoms with Crippen molar-refractivity contribution in [1.29, 1.82) is 0 Å². The van der Waals surface area contributed by atoms with Gasteiger partial charge in [-0.25, -0.2) is 4.79 Å². The molecule has 1 aromatic heterocycles. The summed E-state index contributed by atoms with van der Waals surface area (Å²) in [6.07, 6.45) is -2.43. The molecule has 3 rings (SSSR count). The Labute approximate surface area is 206 Å². The molecule has 2 aromatic rings. The monoisotopic (exact) mass is 510 g/mol. The number of halogens is 3. The number of aliphatic hydroxyl groups excluding tert-OH is 1. The molecule has 10 nitrogen and oxygen atoms in total. The van der Waals surface area contributed by atoms with Crippen LogP contribution in [0, 0.1) is 6.92 Å². The SMILES string of the molecule is Cc1nnn(Cc2cc(C(F)(F)F)ccc2C=CC(=O)N2CCN(C(=O)OC(C)(C)C)C[C@H]2CO)n1. The lowest BCUT2D eigenvalue weighted by Gasteiger charge is -2.40. The molecule has 1 atom stereocenters. The zero-order chi connectivity index (χ0) is 26.7. The highest BCUT2D eigenvalue weighted by Crippen LogP contribution is 2.31. The topological polar surface area (TPSA) is 114 Å². The van der Waals surface area contributed by atoms with E-state index in [1.165, 1.54) is 32.8 Å². The smallest absolute Gasteiger partial charge is 0.416 e. The maximum atomic E-state index is 13.3. The van der Waals surface area contributed by atoms with Crippen LogP contribution in [-0.4, -0.2) is 85.0 Å². The Balaban J connectivity index is 1.77. The number of rotatable bonds is 5. The second-order valence-corrected chi connectivity index (χ2v) is 9.41. The minimum atomic E-state index is -4.54. The second kappa shape index (κ2) is 10.6. The van der Waals surface area contributed by atoms with Crippen molar-refractivity contribution in [2.45, 2.75) is 52.1 Å². The summed E-state index contributed by atoms with van der Waals surface area (Å²) in [6, 6.07) is 2.54. The number of amides is 2. The summed E-state index contributed by atoms with van der Waals surface area (Å²) in [5.41, 5.74) is -0.892. The Morgan fingerprint density at radius 2 is 1.94 bits per heavy atom. The van der Waals surface area contributed by atoms with Crippen LogP contribution in [0.4, 0.5) is 18.0 Å². The van der Waals surface area contributed by atoms with Crippen LogP contribution < -0.4 is 0 Å². The fraction of sp³-hybridized carbons (Fsp3) is 0.522. The molecule has 0 unspecified atom stereocenters. The minimum Gasteiger partial charge on any atom is -0.444 e. The number of aromatic nitrogens is 4. The number of carbonyl (C=O) groups excluding carboxylic acids is 2. The van der Waals surface area contributed by atoms with Gasteiger partial charge in [-0.1, -0.05) is 6.07 Å². The van der Waals surface area contributed by atoms with Gasteiger partial charge in [0.2, 0.25) is 5.91 Å². The van der Waals surface area contributed by atoms with Gasteiger partial charge in [0.05, 0.1) is 24.8 Å². The van der Waals surface area contributed by atoms with E-state index in [4.69, 9.17) is 4.74 Å². The van der Waals surface area contributed by atoms with Gasteiger partial charge in [-0.3, -0.25) is 4.79 Å². The Hall–Kier alpha value is -3.48. The number of carbonyl (C=O) groups is 2. The average molecular weight is 511 g/mol. The van der Waals surface area contributed by atoms with Crippen molar-refractivity contribution in [2.75, 3.05) is 26.2 Å². The van der Waals surface area contributed by atoms with Crippen LogP contribution in [0.3, 0.4) is 0 Å². The van der Waals surface area contributed by atoms with Crippen molar-refractivity contribution in [3.8, 4) is 0 Å². The normalized spacial score (nSPS) is 17.1. The van der Waals surface area contributed by atoms with Gasteiger partial charge < -0.3 is 19.6 Å². The van der Waals surface area contributed by atoms with Gasteiger partial charge in [-0.15, -0.1) is 10.2 Å². The molecule has 2 amide bonds. The Morgan fingerprint density at radius 3 is 2.53 bits per heavy atom. The molecule has 0 bridgehead atoms. The Bertz CT molecular complexity index is 1130. The van der Waals surface area contributed by atoms with Crippen LogP contribution >= 0.6 is 0 Å². The van der Waals surface area contributed by atoms with Crippen LogP contribution in [0.2, 0.25) is 0 Å². The molecule has 13 heteroatoms. The van der Waals surface area contributed by atoms with Gasteiger partial charge in [-0.2, -0.15) is 18.0 Å². The molecule has 196 valence electrons. The maximum absolute atomic E-state index is 13.3. The third-order valence-corrected chi connectivity index (χ3v) is 5.37. The third kappa shape index (κ3) is 7.03. The first kappa shape index (κ1) is 27.1. The van der Waals surface area contributed by atoms with E-state index in [9.17, 15) is 27.9 Å². The first-order valence-corrected chi connectivity index (χ1v) is 11.3. The van der Waals surface area contributed by atoms with Crippen molar-refractivity contribution in [1.82, 2.24) is 30.0 Å². The summed E-state index contributed by atoms with van der Waals surface area (Å²) in [7, 11) is 0. The van der Waals surface area contributed by atoms with Crippen LogP contribution in [0.15, 0.2) is 24.3 Å². The molecule has 0 aliphatic carbocycles. The molecule has 0 spiro atoms. The molecule has 1 fully saturated rings. The van der Waals surface area contributed by atoms with Crippen molar-refractivity contribution < 1.29 is 32.6 Å². The van der Waals surface area contributed by atoms with E-state index in [0.29, 0.717) is 11.4 Å². The van der Waals surface area contributed by atoms with Crippen molar-refractivity contribution >= 4 is 18.1 Å². The van der Waals surface area contributed by atoms with E-state index in [0.717, 1.165) is 12.1 Å². The lowest BCUT2D eigenvalue weighted by Crippen LogP contribution is -2.58. The predicted octanol–water partition coefficient (Wildman–Crippen LogP) is 2.50. The molecular formula is C23H29F3N6O4. The molecule has 2 heterocycles. The number of aliphatic hydroxyl groups is 1. The number of tetrazole rings is 1. The zero-order valence-corrected chi connectivity index (χ0v) is 20.5. The van der Waals surface area contributed by atoms with Crippen LogP contribution in [0.1, 0.15) is 43.3 Å². The summed E-state index contributed by atoms with van der Waals surface area (Å²) in [4.78, 5) is 29.3. The molecule has 0 radical (unpaired) electrons. The first-order valence-electron chi connectivity index (χ1n) is 11.3. The predicted molar refractivity (Wildman–Crippen MR) is 123 cm³/mol. The number of alkyl halides is 3. The molecule has 1 N–H and O–H groups in total. The number of piperazine rings is 1. The van der Waals surface area contributed by atoms with E-state index in [1.54, 1.807) is 27.7 Å². The number of aryl methyl sites for hydroxylation is 1. The van der Waals surface area contributed by atoms with E-state index in [2.05, 4.69) is 15.4 Å². The standard InChI is InChI=1S/C23H29F3N6O4/c1-15-27-29-32(28-15)12-17-11-18(23(24,25)26)7-5-16(17)6-8-20(34)31-10-9-30(13-19(31)14-33)21(35)36-22(2,3)4/h5-8,11,19,33H,9-10,12-14H2,1-4H3/t19-/m0/s1. The maximum Gasteiger partial charge on any atom is 0.416 e. The molecule has 36 heavy (non-hydrogen) atoms. The van der Waals surface area contributed by atoms with Gasteiger partial charge >= 0.3 is 12.3 Å². The molecule has 0 saturated carbocycles. The summed E-state index contributed by atoms with van der Waals surface area (Å²) in [5.74, 6) is -0.0757. The molecule has 1 saturated heterocycles. The van der Waals surface area contributed by atoms with Gasteiger partial charge in [0, 0.05) is 25.7 Å². The largest absolute Gasteiger partial charge is 0.444 e. The summed E-state index contributed by atoms with van der Waals surface area (Å²) >= 11 is 0. The number of nitrogens with zero attached hydrogens (tertiary/aromatic N) is 6. The molecule has 1 aromatic carbocycles. The highest BCUT2D eigenvalue weighted by Gasteiger charge is 2.34. The zero-order valence-electron chi connectivity index (χ0n) is 20.5. The van der Waals surface area contributed by atoms with E-state index < -0.39 is 35.4 Å². The lowest BCUT2D eigenvalue weighted by atomic mass is 10.0. The fourth-order valence-electron chi connectivity index (χ4n) is 3.68. The van der Waals surface area contributed by atoms with Gasteiger partial charge in [0.25, 0.3) is 0 Å². The van der Waals surface area contributed by atoms with Crippen LogP contribution in [0.25, 0.3) is 6.08 Å². The first-order chi connectivity index (χ1) is 16.8. The van der Waals surface area contributed by atoms with E-state index >= 15 is 0 Å². The number of ether oxygens (including phenoxy) is 1. The van der Waals surface area contributed by atoms with Crippen molar-refractivity contribution in [3.63, 3.8) is 0 Å². The molecular weight excluding hydrogens is 481 g/mol. The quantitative estimate of drug-likeness (QED) is 0.615. The molecule has 1 aliphatic heterocycles. The highest BCUT2D eigenvalue weighted by molar-refractivity contribution is 5.92. The number of hydrogen-bond donors (Lipinski definition) is 1. The van der Waals surface area contributed by atoms with Gasteiger partial charge in [0.15, 0.2) is 5.82 Å². The number of benzene rings is 1. The molecule has 1 aliphatic rings. The van der Waals surface area contributed by atoms with Crippen LogP contribution in [-0.2, 0) is 22.3 Å². The third-order valence-electron chi connectivity index (χ3n) is 5.37. The lowest BCUT2D eigenvalue weighted by molar-refractivity contribution is -0.137. The minimum absolute atomic E-state index is 0.0769. The highest BCUT2D eigenvalue weighted by atomic mass is 19.4. The van der Waals surface area contributed by atoms with Crippen LogP contribution in [0.5, 0.6) is 0 Å². The number of hydrogen-bond acceptors (Lipinski definition) is 7. The van der Waals surface area contributed by atoms with E-state index in [-0.39, 0.29) is 38.3 Å². The van der Waals surface area contributed by atoms with E-state index in [1.807, 2.05) is 0 Å². The van der Waals surface area contributed by atoms with Gasteiger partial charge in [-0.05, 0) is 62.2 Å². The van der Waals surface area contributed by atoms with Gasteiger partial charge in [0.1, 0.15) is 5.60 Å². The summed E-state index contributed by atoms with van der Waals surface area (Å²) < 4.78 is 45.2. The fourth-order valence-corrected chi connectivity index (χ4v) is 3.68. The Kier molecular flexibility index (Phi) is 8.02. The Morgan fingerprint density at radius 1 is 1.22 bits per heavy atom. The van der Waals surface area contributed by atoms with Crippen molar-refractivity contribution in [2.24, 2.45) is 0 Å². The summed E-state index contributed by atoms with van der Waals surface area (Å²) in [6.45, 7) is 6.86. The summed E-state index contributed by atoms with van der Waals surface area (Å²) in [5, 5.41) is 21.4. The average Bonchev–Trinajstić information content (AvgIpc) is 3.20. The van der Waals surface area contributed by atoms with Crippen molar-refractivity contribution in [3.05, 3.63) is 46.8 Å².